The summed E-state index contributed by atoms with van der Waals surface area (Å²) >= 11 is 0. The van der Waals surface area contributed by atoms with Crippen molar-refractivity contribution in [2.75, 3.05) is 11.4 Å². The van der Waals surface area contributed by atoms with Crippen LogP contribution in [0.3, 0.4) is 0 Å². The Morgan fingerprint density at radius 2 is 1.86 bits per heavy atom. The molecule has 8 nitrogen and oxygen atoms in total. The third-order valence-electron chi connectivity index (χ3n) is 5.76. The van der Waals surface area contributed by atoms with Crippen LogP contribution in [-0.4, -0.2) is 48.4 Å². The van der Waals surface area contributed by atoms with E-state index < -0.39 is 41.2 Å². The van der Waals surface area contributed by atoms with Gasteiger partial charge in [-0.25, -0.2) is 9.18 Å². The Balaban J connectivity index is 1.96. The van der Waals surface area contributed by atoms with E-state index in [4.69, 9.17) is 4.74 Å². The smallest absolute Gasteiger partial charge is 0.328 e. The minimum atomic E-state index is -1.68. The van der Waals surface area contributed by atoms with Crippen LogP contribution in [0.2, 0.25) is 0 Å². The number of carbonyl (C=O) groups is 4. The number of anilines is 1. The molecule has 2 saturated heterocycles. The van der Waals surface area contributed by atoms with E-state index in [9.17, 15) is 19.2 Å². The Bertz CT molecular complexity index is 910. The number of carbonyl (C=O) groups excluding carboxylic acids is 4. The second kappa shape index (κ2) is 6.10. The first-order chi connectivity index (χ1) is 13.1. The number of benzene rings is 1. The lowest BCUT2D eigenvalue weighted by atomic mass is 9.66. The van der Waals surface area contributed by atoms with Gasteiger partial charge in [0.25, 0.3) is 0 Å². The number of nitrogens with one attached hydrogen (secondary N) is 2. The van der Waals surface area contributed by atoms with Crippen LogP contribution in [0.15, 0.2) is 12.1 Å². The Hall–Kier alpha value is -2.81. The van der Waals surface area contributed by atoms with Crippen molar-refractivity contribution < 1.29 is 28.3 Å². The standard InChI is InChI=1S/C19H20FN3O5/c1-8-7-23-14-12(4-11(9(2)24)5-13(14)20)6-19(15(23)10(3)28-8)16(25)21-18(27)22-17(19)26/h4-5,8,10,15H,6-7H2,1-3H3,(H2,21,22,25,26,27). The van der Waals surface area contributed by atoms with Crippen LogP contribution < -0.4 is 15.5 Å². The van der Waals surface area contributed by atoms with Crippen LogP contribution in [0.1, 0.15) is 36.7 Å². The molecule has 3 aliphatic rings. The average Bonchev–Trinajstić information content (AvgIpc) is 2.58. The number of fused-ring (bicyclic) bond motifs is 4. The van der Waals surface area contributed by atoms with Gasteiger partial charge in [0.2, 0.25) is 11.8 Å². The first-order valence-electron chi connectivity index (χ1n) is 9.07. The SMILES string of the molecule is CC(=O)c1cc(F)c2c(c1)CC1(C(=O)NC(=O)NC1=O)C1C(C)OC(C)CN21. The number of amides is 4. The Labute approximate surface area is 160 Å². The molecule has 0 bridgehead atoms. The fraction of sp³-hybridized carbons (Fsp3) is 0.474. The molecule has 1 spiro atoms. The number of hydrogen-bond acceptors (Lipinski definition) is 6. The zero-order chi connectivity index (χ0) is 20.4. The molecular formula is C19H20FN3O5. The van der Waals surface area contributed by atoms with Gasteiger partial charge in [0.05, 0.1) is 23.9 Å². The molecule has 3 atom stereocenters. The van der Waals surface area contributed by atoms with Crippen molar-refractivity contribution in [3.8, 4) is 0 Å². The second-order valence-corrected chi connectivity index (χ2v) is 7.66. The maximum atomic E-state index is 15.0. The van der Waals surface area contributed by atoms with E-state index in [1.807, 2.05) is 6.92 Å². The van der Waals surface area contributed by atoms with Crippen LogP contribution in [0.5, 0.6) is 0 Å². The summed E-state index contributed by atoms with van der Waals surface area (Å²) in [4.78, 5) is 51.0. The Morgan fingerprint density at radius 1 is 1.21 bits per heavy atom. The van der Waals surface area contributed by atoms with Gasteiger partial charge in [-0.2, -0.15) is 0 Å². The molecule has 0 radical (unpaired) electrons. The van der Waals surface area contributed by atoms with Gasteiger partial charge < -0.3 is 9.64 Å². The summed E-state index contributed by atoms with van der Waals surface area (Å²) in [5, 5.41) is 4.33. The largest absolute Gasteiger partial charge is 0.372 e. The first-order valence-corrected chi connectivity index (χ1v) is 9.07. The summed E-state index contributed by atoms with van der Waals surface area (Å²) in [6.45, 7) is 5.12. The highest BCUT2D eigenvalue weighted by atomic mass is 19.1. The van der Waals surface area contributed by atoms with Crippen molar-refractivity contribution in [2.24, 2.45) is 5.41 Å². The summed E-state index contributed by atoms with van der Waals surface area (Å²) < 4.78 is 20.9. The highest BCUT2D eigenvalue weighted by molar-refractivity contribution is 6.20. The zero-order valence-electron chi connectivity index (χ0n) is 15.7. The first kappa shape index (κ1) is 18.5. The number of ketones is 1. The summed E-state index contributed by atoms with van der Waals surface area (Å²) in [6, 6.07) is 0.993. The number of rotatable bonds is 1. The van der Waals surface area contributed by atoms with Crippen molar-refractivity contribution >= 4 is 29.3 Å². The lowest BCUT2D eigenvalue weighted by molar-refractivity contribution is -0.153. The van der Waals surface area contributed by atoms with E-state index in [0.29, 0.717) is 5.56 Å². The van der Waals surface area contributed by atoms with Crippen molar-refractivity contribution in [3.05, 3.63) is 29.1 Å². The third-order valence-corrected chi connectivity index (χ3v) is 5.76. The van der Waals surface area contributed by atoms with Crippen molar-refractivity contribution in [3.63, 3.8) is 0 Å². The monoisotopic (exact) mass is 389 g/mol. The molecule has 1 aromatic carbocycles. The van der Waals surface area contributed by atoms with Gasteiger partial charge in [-0.3, -0.25) is 25.0 Å². The van der Waals surface area contributed by atoms with Gasteiger partial charge in [-0.1, -0.05) is 0 Å². The predicted octanol–water partition coefficient (Wildman–Crippen LogP) is 0.919. The molecule has 0 aromatic heterocycles. The molecule has 4 rings (SSSR count). The summed E-state index contributed by atoms with van der Waals surface area (Å²) in [5.41, 5.74) is -0.878. The summed E-state index contributed by atoms with van der Waals surface area (Å²) in [6.07, 6.45) is -0.986. The number of ether oxygens (including phenoxy) is 1. The number of hydrogen-bond donors (Lipinski definition) is 2. The third kappa shape index (κ3) is 2.46. The molecule has 4 amide bonds. The predicted molar refractivity (Wildman–Crippen MR) is 95.4 cm³/mol. The van der Waals surface area contributed by atoms with Crippen LogP contribution in [0.4, 0.5) is 14.9 Å². The molecule has 3 heterocycles. The number of Topliss-reactive ketones (excluding diaryl/α,β-unsaturated/α-hetero) is 1. The van der Waals surface area contributed by atoms with E-state index in [2.05, 4.69) is 10.6 Å². The number of nitrogens with zero attached hydrogens (tertiary/aromatic N) is 1. The van der Waals surface area contributed by atoms with Crippen LogP contribution in [0, 0.1) is 11.2 Å². The minimum absolute atomic E-state index is 0.144. The van der Waals surface area contributed by atoms with E-state index in [-0.39, 0.29) is 36.1 Å². The molecule has 148 valence electrons. The second-order valence-electron chi connectivity index (χ2n) is 7.66. The van der Waals surface area contributed by atoms with E-state index >= 15 is 4.39 Å². The highest BCUT2D eigenvalue weighted by Crippen LogP contribution is 2.47. The minimum Gasteiger partial charge on any atom is -0.372 e. The molecule has 3 aliphatic heterocycles. The van der Waals surface area contributed by atoms with E-state index in [0.717, 1.165) is 0 Å². The molecule has 1 aromatic rings. The number of morpholine rings is 1. The lowest BCUT2D eigenvalue weighted by Gasteiger charge is -2.55. The number of imide groups is 2. The summed E-state index contributed by atoms with van der Waals surface area (Å²) in [5.74, 6) is -2.41. The van der Waals surface area contributed by atoms with Gasteiger partial charge >= 0.3 is 6.03 Å². The molecule has 2 N–H and O–H groups in total. The molecule has 2 fully saturated rings. The zero-order valence-corrected chi connectivity index (χ0v) is 15.7. The maximum Gasteiger partial charge on any atom is 0.328 e. The lowest BCUT2D eigenvalue weighted by Crippen LogP contribution is -2.75. The van der Waals surface area contributed by atoms with E-state index in [1.165, 1.54) is 19.1 Å². The van der Waals surface area contributed by atoms with Gasteiger partial charge in [-0.05, 0) is 38.5 Å². The number of barbiturate groups is 1. The fourth-order valence-corrected chi connectivity index (χ4v) is 4.74. The molecular weight excluding hydrogens is 369 g/mol. The quantitative estimate of drug-likeness (QED) is 0.547. The van der Waals surface area contributed by atoms with E-state index in [1.54, 1.807) is 11.8 Å². The maximum absolute atomic E-state index is 15.0. The Kier molecular flexibility index (Phi) is 4.04. The van der Waals surface area contributed by atoms with Crippen LogP contribution in [-0.2, 0) is 20.7 Å². The van der Waals surface area contributed by atoms with Crippen LogP contribution in [0.25, 0.3) is 0 Å². The fourth-order valence-electron chi connectivity index (χ4n) is 4.74. The number of urea groups is 1. The van der Waals surface area contributed by atoms with Crippen LogP contribution >= 0.6 is 0 Å². The molecule has 28 heavy (non-hydrogen) atoms. The average molecular weight is 389 g/mol. The highest BCUT2D eigenvalue weighted by Gasteiger charge is 2.63. The van der Waals surface area contributed by atoms with Crippen molar-refractivity contribution in [1.29, 1.82) is 0 Å². The van der Waals surface area contributed by atoms with Gasteiger partial charge in [0.15, 0.2) is 11.2 Å². The van der Waals surface area contributed by atoms with Gasteiger partial charge in [0.1, 0.15) is 5.82 Å². The van der Waals surface area contributed by atoms with Crippen molar-refractivity contribution in [1.82, 2.24) is 10.6 Å². The molecule has 9 heteroatoms. The normalized spacial score (nSPS) is 28.4. The number of halogens is 1. The summed E-state index contributed by atoms with van der Waals surface area (Å²) in [7, 11) is 0. The molecule has 3 unspecified atom stereocenters. The molecule has 0 saturated carbocycles. The van der Waals surface area contributed by atoms with Crippen molar-refractivity contribution in [2.45, 2.75) is 45.4 Å². The topological polar surface area (TPSA) is 105 Å². The van der Waals surface area contributed by atoms with Gasteiger partial charge in [-0.15, -0.1) is 0 Å². The van der Waals surface area contributed by atoms with Gasteiger partial charge in [0, 0.05) is 18.5 Å². The molecule has 0 aliphatic carbocycles. The Morgan fingerprint density at radius 3 is 2.46 bits per heavy atom.